The molecule has 1 aromatic heterocycles. The second-order valence-electron chi connectivity index (χ2n) is 7.22. The molecule has 0 aliphatic carbocycles. The molecule has 1 atom stereocenters. The Bertz CT molecular complexity index is 1060. The number of aromatic nitrogens is 2. The number of carbonyl (C=O) groups is 1. The third-order valence-electron chi connectivity index (χ3n) is 4.99. The molecule has 29 heavy (non-hydrogen) atoms. The van der Waals surface area contributed by atoms with Crippen LogP contribution in [0.1, 0.15) is 24.1 Å². The summed E-state index contributed by atoms with van der Waals surface area (Å²) in [7, 11) is 3.91. The highest BCUT2D eigenvalue weighted by Crippen LogP contribution is 2.18. The number of nitrogens with one attached hydrogen (secondary N) is 1. The highest BCUT2D eigenvalue weighted by molar-refractivity contribution is 5.79. The lowest BCUT2D eigenvalue weighted by Gasteiger charge is -2.25. The first-order valence-electron chi connectivity index (χ1n) is 9.55. The lowest BCUT2D eigenvalue weighted by Crippen LogP contribution is -2.37. The van der Waals surface area contributed by atoms with Gasteiger partial charge in [-0.1, -0.05) is 31.2 Å². The van der Waals surface area contributed by atoms with Gasteiger partial charge in [0.1, 0.15) is 12.4 Å². The van der Waals surface area contributed by atoms with Crippen molar-refractivity contribution in [1.29, 1.82) is 0 Å². The summed E-state index contributed by atoms with van der Waals surface area (Å²) in [5.74, 6) is -0.816. The van der Waals surface area contributed by atoms with Crippen molar-refractivity contribution in [2.24, 2.45) is 0 Å². The Labute approximate surface area is 169 Å². The van der Waals surface area contributed by atoms with Crippen molar-refractivity contribution in [3.8, 4) is 0 Å². The molecule has 0 saturated carbocycles. The maximum absolute atomic E-state index is 13.4. The van der Waals surface area contributed by atoms with Gasteiger partial charge in [-0.3, -0.25) is 14.2 Å². The standard InChI is InChI=1S/C22H25FN4O2/c1-4-15-5-7-16(8-6-15)20(26(2)3)12-24-21(28)13-27-14-25-19-10-9-17(23)11-18(19)22(27)29/h5-11,14,20H,4,12-13H2,1-3H3,(H,24,28). The Morgan fingerprint density at radius 1 is 1.21 bits per heavy atom. The quantitative estimate of drug-likeness (QED) is 0.666. The zero-order valence-corrected chi connectivity index (χ0v) is 16.9. The molecule has 0 radical (unpaired) electrons. The third-order valence-corrected chi connectivity index (χ3v) is 4.99. The van der Waals surface area contributed by atoms with Crippen LogP contribution in [0.4, 0.5) is 4.39 Å². The van der Waals surface area contributed by atoms with Crippen molar-refractivity contribution < 1.29 is 9.18 Å². The molecule has 1 unspecified atom stereocenters. The molecule has 6 nitrogen and oxygen atoms in total. The van der Waals surface area contributed by atoms with Gasteiger partial charge in [-0.15, -0.1) is 0 Å². The van der Waals surface area contributed by atoms with Gasteiger partial charge in [0.15, 0.2) is 0 Å². The second-order valence-corrected chi connectivity index (χ2v) is 7.22. The number of amides is 1. The number of fused-ring (bicyclic) bond motifs is 1. The molecule has 1 heterocycles. The van der Waals surface area contributed by atoms with E-state index < -0.39 is 11.4 Å². The highest BCUT2D eigenvalue weighted by Gasteiger charge is 2.16. The fourth-order valence-electron chi connectivity index (χ4n) is 3.24. The normalized spacial score (nSPS) is 12.3. The van der Waals surface area contributed by atoms with Crippen LogP contribution in [0.3, 0.4) is 0 Å². The van der Waals surface area contributed by atoms with E-state index in [0.29, 0.717) is 12.1 Å². The SMILES string of the molecule is CCc1ccc(C(CNC(=O)Cn2cnc3ccc(F)cc3c2=O)N(C)C)cc1. The molecular formula is C22H25FN4O2. The van der Waals surface area contributed by atoms with Crippen molar-refractivity contribution in [2.75, 3.05) is 20.6 Å². The molecule has 1 amide bonds. The van der Waals surface area contributed by atoms with Crippen LogP contribution in [-0.4, -0.2) is 41.0 Å². The predicted octanol–water partition coefficient (Wildman–Crippen LogP) is 2.52. The van der Waals surface area contributed by atoms with E-state index in [1.54, 1.807) is 0 Å². The molecule has 0 fully saturated rings. The maximum atomic E-state index is 13.4. The number of halogens is 1. The van der Waals surface area contributed by atoms with E-state index in [-0.39, 0.29) is 23.9 Å². The van der Waals surface area contributed by atoms with Gasteiger partial charge in [-0.2, -0.15) is 0 Å². The van der Waals surface area contributed by atoms with Gasteiger partial charge in [0.05, 0.1) is 23.3 Å². The summed E-state index contributed by atoms with van der Waals surface area (Å²) in [5, 5.41) is 3.04. The zero-order chi connectivity index (χ0) is 21.0. The van der Waals surface area contributed by atoms with Crippen LogP contribution in [0.15, 0.2) is 53.6 Å². The smallest absolute Gasteiger partial charge is 0.261 e. The molecule has 3 aromatic rings. The molecule has 152 valence electrons. The zero-order valence-electron chi connectivity index (χ0n) is 16.9. The Balaban J connectivity index is 1.70. The number of likely N-dealkylation sites (N-methyl/N-ethyl adjacent to an activating group) is 1. The number of carbonyl (C=O) groups excluding carboxylic acids is 1. The Morgan fingerprint density at radius 2 is 1.93 bits per heavy atom. The van der Waals surface area contributed by atoms with Crippen LogP contribution in [0.5, 0.6) is 0 Å². The summed E-state index contributed by atoms with van der Waals surface area (Å²) in [6.07, 6.45) is 2.29. The van der Waals surface area contributed by atoms with E-state index in [0.717, 1.165) is 18.1 Å². The number of benzene rings is 2. The fraction of sp³-hybridized carbons (Fsp3) is 0.318. The lowest BCUT2D eigenvalue weighted by atomic mass is 10.0. The van der Waals surface area contributed by atoms with Crippen LogP contribution in [-0.2, 0) is 17.8 Å². The van der Waals surface area contributed by atoms with E-state index in [9.17, 15) is 14.0 Å². The van der Waals surface area contributed by atoms with Crippen molar-refractivity contribution in [3.05, 3.63) is 76.1 Å². The minimum absolute atomic E-state index is 0.00500. The molecule has 0 saturated heterocycles. The van der Waals surface area contributed by atoms with Gasteiger partial charge < -0.3 is 10.2 Å². The molecule has 7 heteroatoms. The van der Waals surface area contributed by atoms with E-state index in [1.807, 2.05) is 19.0 Å². The van der Waals surface area contributed by atoms with Gasteiger partial charge in [-0.25, -0.2) is 9.37 Å². The summed E-state index contributed by atoms with van der Waals surface area (Å²) in [6, 6.07) is 12.2. The summed E-state index contributed by atoms with van der Waals surface area (Å²) in [5.41, 5.74) is 2.32. The average molecular weight is 396 g/mol. The molecular weight excluding hydrogens is 371 g/mol. The molecule has 0 spiro atoms. The number of rotatable bonds is 7. The minimum Gasteiger partial charge on any atom is -0.353 e. The second kappa shape index (κ2) is 8.96. The van der Waals surface area contributed by atoms with Crippen molar-refractivity contribution in [2.45, 2.75) is 25.9 Å². The van der Waals surface area contributed by atoms with E-state index in [1.165, 1.54) is 28.6 Å². The van der Waals surface area contributed by atoms with E-state index in [4.69, 9.17) is 0 Å². The summed E-state index contributed by atoms with van der Waals surface area (Å²) in [4.78, 5) is 31.1. The molecule has 0 aliphatic heterocycles. The van der Waals surface area contributed by atoms with Crippen LogP contribution in [0, 0.1) is 5.82 Å². The molecule has 0 bridgehead atoms. The largest absolute Gasteiger partial charge is 0.353 e. The first-order valence-corrected chi connectivity index (χ1v) is 9.55. The van der Waals surface area contributed by atoms with Crippen LogP contribution in [0.25, 0.3) is 10.9 Å². The predicted molar refractivity (Wildman–Crippen MR) is 111 cm³/mol. The molecule has 3 rings (SSSR count). The van der Waals surface area contributed by atoms with Gasteiger partial charge in [0.2, 0.25) is 5.91 Å². The van der Waals surface area contributed by atoms with Gasteiger partial charge in [0.25, 0.3) is 5.56 Å². The van der Waals surface area contributed by atoms with Gasteiger partial charge in [-0.05, 0) is 49.8 Å². The highest BCUT2D eigenvalue weighted by atomic mass is 19.1. The summed E-state index contributed by atoms with van der Waals surface area (Å²) < 4.78 is 14.6. The number of hydrogen-bond acceptors (Lipinski definition) is 4. The van der Waals surface area contributed by atoms with Crippen LogP contribution >= 0.6 is 0 Å². The fourth-order valence-corrected chi connectivity index (χ4v) is 3.24. The van der Waals surface area contributed by atoms with E-state index >= 15 is 0 Å². The van der Waals surface area contributed by atoms with Crippen molar-refractivity contribution >= 4 is 16.8 Å². The summed E-state index contributed by atoms with van der Waals surface area (Å²) >= 11 is 0. The molecule has 2 aromatic carbocycles. The van der Waals surface area contributed by atoms with Crippen LogP contribution in [0.2, 0.25) is 0 Å². The first kappa shape index (κ1) is 20.7. The Morgan fingerprint density at radius 3 is 2.59 bits per heavy atom. The van der Waals surface area contributed by atoms with Gasteiger partial charge >= 0.3 is 0 Å². The van der Waals surface area contributed by atoms with Gasteiger partial charge in [0, 0.05) is 6.54 Å². The number of hydrogen-bond donors (Lipinski definition) is 1. The molecule has 0 aliphatic rings. The third kappa shape index (κ3) is 4.86. The monoisotopic (exact) mass is 396 g/mol. The number of nitrogens with zero attached hydrogens (tertiary/aromatic N) is 3. The average Bonchev–Trinajstić information content (AvgIpc) is 2.71. The van der Waals surface area contributed by atoms with Crippen molar-refractivity contribution in [1.82, 2.24) is 19.8 Å². The van der Waals surface area contributed by atoms with E-state index in [2.05, 4.69) is 41.5 Å². The summed E-state index contributed by atoms with van der Waals surface area (Å²) in [6.45, 7) is 2.34. The maximum Gasteiger partial charge on any atom is 0.261 e. The number of aryl methyl sites for hydroxylation is 1. The molecule has 1 N–H and O–H groups in total. The minimum atomic E-state index is -0.512. The topological polar surface area (TPSA) is 67.2 Å². The first-order chi connectivity index (χ1) is 13.9. The Hall–Kier alpha value is -3.06. The Kier molecular flexibility index (Phi) is 6.39. The van der Waals surface area contributed by atoms with Crippen molar-refractivity contribution in [3.63, 3.8) is 0 Å². The lowest BCUT2D eigenvalue weighted by molar-refractivity contribution is -0.121. The van der Waals surface area contributed by atoms with Crippen LogP contribution < -0.4 is 10.9 Å².